The van der Waals surface area contributed by atoms with Crippen LogP contribution in [0.3, 0.4) is 0 Å². The third-order valence-electron chi connectivity index (χ3n) is 2.96. The van der Waals surface area contributed by atoms with E-state index in [0.717, 1.165) is 17.1 Å². The minimum absolute atomic E-state index is 0.263. The van der Waals surface area contributed by atoms with E-state index in [1.54, 1.807) is 17.9 Å². The van der Waals surface area contributed by atoms with Gasteiger partial charge in [0.1, 0.15) is 11.6 Å². The quantitative estimate of drug-likeness (QED) is 0.894. The van der Waals surface area contributed by atoms with E-state index in [9.17, 15) is 4.79 Å². The van der Waals surface area contributed by atoms with Crippen LogP contribution in [0.1, 0.15) is 11.3 Å². The molecule has 0 unspecified atom stereocenters. The van der Waals surface area contributed by atoms with Gasteiger partial charge in [0.15, 0.2) is 0 Å². The largest absolute Gasteiger partial charge is 0.363 e. The van der Waals surface area contributed by atoms with Gasteiger partial charge in [-0.1, -0.05) is 0 Å². The predicted molar refractivity (Wildman–Crippen MR) is 82.4 cm³/mol. The molecule has 0 aliphatic carbocycles. The number of amides is 2. The van der Waals surface area contributed by atoms with Gasteiger partial charge in [0, 0.05) is 40.0 Å². The van der Waals surface area contributed by atoms with Gasteiger partial charge in [-0.3, -0.25) is 10.00 Å². The normalized spacial score (nSPS) is 10.3. The number of aryl methyl sites for hydroxylation is 2. The van der Waals surface area contributed by atoms with E-state index in [2.05, 4.69) is 20.7 Å². The van der Waals surface area contributed by atoms with Gasteiger partial charge >= 0.3 is 6.03 Å². The summed E-state index contributed by atoms with van der Waals surface area (Å²) in [6.07, 6.45) is 1.73. The van der Waals surface area contributed by atoms with Crippen LogP contribution >= 0.6 is 0 Å². The van der Waals surface area contributed by atoms with Crippen LogP contribution in [0.25, 0.3) is 0 Å². The van der Waals surface area contributed by atoms with Gasteiger partial charge in [0.25, 0.3) is 0 Å². The molecule has 2 aromatic heterocycles. The Balaban J connectivity index is 1.92. The number of pyridine rings is 1. The predicted octanol–water partition coefficient (Wildman–Crippen LogP) is 1.51. The Morgan fingerprint density at radius 1 is 1.38 bits per heavy atom. The minimum atomic E-state index is -0.263. The van der Waals surface area contributed by atoms with Crippen molar-refractivity contribution >= 4 is 17.7 Å². The van der Waals surface area contributed by atoms with Crippen LogP contribution in [-0.2, 0) is 13.6 Å². The van der Waals surface area contributed by atoms with Crippen molar-refractivity contribution in [1.82, 2.24) is 20.1 Å². The van der Waals surface area contributed by atoms with Gasteiger partial charge < -0.3 is 10.2 Å². The minimum Gasteiger partial charge on any atom is -0.363 e. The number of nitrogens with one attached hydrogen (secondary N) is 2. The average Bonchev–Trinajstić information content (AvgIpc) is 2.75. The van der Waals surface area contributed by atoms with Crippen molar-refractivity contribution in [3.05, 3.63) is 35.7 Å². The molecule has 0 saturated carbocycles. The van der Waals surface area contributed by atoms with Crippen LogP contribution < -0.4 is 15.5 Å². The molecular weight excluding hydrogens is 268 g/mol. The van der Waals surface area contributed by atoms with E-state index >= 15 is 0 Å². The lowest BCUT2D eigenvalue weighted by molar-refractivity contribution is 0.251. The summed E-state index contributed by atoms with van der Waals surface area (Å²) in [5.41, 5.74) is 1.85. The van der Waals surface area contributed by atoms with Crippen molar-refractivity contribution in [3.63, 3.8) is 0 Å². The molecule has 0 aliphatic rings. The summed E-state index contributed by atoms with van der Waals surface area (Å²) in [6, 6.07) is 5.37. The number of hydrogen-bond acceptors (Lipinski definition) is 4. The molecule has 0 atom stereocenters. The number of anilines is 2. The van der Waals surface area contributed by atoms with E-state index in [1.165, 1.54) is 0 Å². The Kier molecular flexibility index (Phi) is 4.42. The average molecular weight is 288 g/mol. The zero-order valence-corrected chi connectivity index (χ0v) is 12.7. The molecule has 2 aromatic rings. The summed E-state index contributed by atoms with van der Waals surface area (Å²) < 4.78 is 1.63. The van der Waals surface area contributed by atoms with E-state index in [0.29, 0.717) is 12.4 Å². The molecule has 2 rings (SSSR count). The smallest absolute Gasteiger partial charge is 0.320 e. The molecule has 0 aliphatic heterocycles. The highest BCUT2D eigenvalue weighted by Crippen LogP contribution is 2.10. The fraction of sp³-hybridized carbons (Fsp3) is 0.357. The Hall–Kier alpha value is -2.57. The van der Waals surface area contributed by atoms with Crippen LogP contribution in [-0.4, -0.2) is 34.9 Å². The SMILES string of the molecule is Cc1cc(NC(=O)NCc2ccnc(N(C)C)c2)n(C)n1. The van der Waals surface area contributed by atoms with Crippen LogP contribution in [0.4, 0.5) is 16.4 Å². The lowest BCUT2D eigenvalue weighted by Gasteiger charge is -2.12. The first-order valence-corrected chi connectivity index (χ1v) is 6.63. The van der Waals surface area contributed by atoms with Gasteiger partial charge in [-0.25, -0.2) is 9.78 Å². The monoisotopic (exact) mass is 288 g/mol. The molecule has 2 N–H and O–H groups in total. The second-order valence-corrected chi connectivity index (χ2v) is 5.02. The van der Waals surface area contributed by atoms with Gasteiger partial charge in [0.05, 0.1) is 5.69 Å². The number of carbonyl (C=O) groups is 1. The molecule has 0 spiro atoms. The maximum atomic E-state index is 11.9. The fourth-order valence-electron chi connectivity index (χ4n) is 1.89. The highest BCUT2D eigenvalue weighted by Gasteiger charge is 2.07. The van der Waals surface area contributed by atoms with Gasteiger partial charge in [0.2, 0.25) is 0 Å². The Bertz CT molecular complexity index is 634. The van der Waals surface area contributed by atoms with Crippen LogP contribution in [0.5, 0.6) is 0 Å². The van der Waals surface area contributed by atoms with Crippen LogP contribution in [0.15, 0.2) is 24.4 Å². The number of hydrogen-bond donors (Lipinski definition) is 2. The van der Waals surface area contributed by atoms with Gasteiger partial charge in [-0.2, -0.15) is 5.10 Å². The lowest BCUT2D eigenvalue weighted by Crippen LogP contribution is -2.29. The van der Waals surface area contributed by atoms with E-state index in [-0.39, 0.29) is 6.03 Å². The fourth-order valence-corrected chi connectivity index (χ4v) is 1.89. The second kappa shape index (κ2) is 6.25. The summed E-state index contributed by atoms with van der Waals surface area (Å²) in [5, 5.41) is 9.75. The molecule has 7 heteroatoms. The molecule has 0 saturated heterocycles. The molecule has 0 bridgehead atoms. The van der Waals surface area contributed by atoms with E-state index in [1.807, 2.05) is 44.1 Å². The van der Waals surface area contributed by atoms with Crippen molar-refractivity contribution in [2.45, 2.75) is 13.5 Å². The summed E-state index contributed by atoms with van der Waals surface area (Å²) in [4.78, 5) is 18.0. The highest BCUT2D eigenvalue weighted by molar-refractivity contribution is 5.88. The molecule has 0 aromatic carbocycles. The van der Waals surface area contributed by atoms with Gasteiger partial charge in [-0.05, 0) is 24.6 Å². The maximum absolute atomic E-state index is 11.9. The number of carbonyl (C=O) groups excluding carboxylic acids is 1. The Morgan fingerprint density at radius 3 is 2.76 bits per heavy atom. The maximum Gasteiger partial charge on any atom is 0.320 e. The molecule has 2 amide bonds. The van der Waals surface area contributed by atoms with Crippen molar-refractivity contribution in [2.75, 3.05) is 24.3 Å². The molecule has 0 fully saturated rings. The summed E-state index contributed by atoms with van der Waals surface area (Å²) >= 11 is 0. The summed E-state index contributed by atoms with van der Waals surface area (Å²) in [7, 11) is 5.64. The Labute approximate surface area is 124 Å². The van der Waals surface area contributed by atoms with Crippen molar-refractivity contribution in [1.29, 1.82) is 0 Å². The van der Waals surface area contributed by atoms with Crippen LogP contribution in [0.2, 0.25) is 0 Å². The molecule has 0 radical (unpaired) electrons. The van der Waals surface area contributed by atoms with E-state index in [4.69, 9.17) is 0 Å². The van der Waals surface area contributed by atoms with Crippen molar-refractivity contribution < 1.29 is 4.79 Å². The third-order valence-corrected chi connectivity index (χ3v) is 2.96. The molecule has 7 nitrogen and oxygen atoms in total. The van der Waals surface area contributed by atoms with E-state index < -0.39 is 0 Å². The third kappa shape index (κ3) is 3.95. The molecular formula is C14H20N6O. The van der Waals surface area contributed by atoms with Gasteiger partial charge in [-0.15, -0.1) is 0 Å². The van der Waals surface area contributed by atoms with Crippen LogP contribution in [0, 0.1) is 6.92 Å². The number of urea groups is 1. The first-order valence-electron chi connectivity index (χ1n) is 6.63. The molecule has 21 heavy (non-hydrogen) atoms. The first kappa shape index (κ1) is 14.8. The topological polar surface area (TPSA) is 75.1 Å². The molecule has 2 heterocycles. The number of aromatic nitrogens is 3. The lowest BCUT2D eigenvalue weighted by atomic mass is 10.2. The van der Waals surface area contributed by atoms with Crippen molar-refractivity contribution in [3.8, 4) is 0 Å². The summed E-state index contributed by atoms with van der Waals surface area (Å²) in [6.45, 7) is 2.31. The highest BCUT2D eigenvalue weighted by atomic mass is 16.2. The Morgan fingerprint density at radius 2 is 2.14 bits per heavy atom. The van der Waals surface area contributed by atoms with Crippen molar-refractivity contribution in [2.24, 2.45) is 7.05 Å². The first-order chi connectivity index (χ1) is 9.95. The number of nitrogens with zero attached hydrogens (tertiary/aromatic N) is 4. The zero-order valence-electron chi connectivity index (χ0n) is 12.7. The second-order valence-electron chi connectivity index (χ2n) is 5.02. The number of rotatable bonds is 4. The zero-order chi connectivity index (χ0) is 15.4. The molecule has 112 valence electrons. The summed E-state index contributed by atoms with van der Waals surface area (Å²) in [5.74, 6) is 1.52. The standard InChI is InChI=1S/C14H20N6O/c1-10-7-13(20(4)18-10)17-14(21)16-9-11-5-6-15-12(8-11)19(2)3/h5-8H,9H2,1-4H3,(H2,16,17,21).